The summed E-state index contributed by atoms with van der Waals surface area (Å²) in [4.78, 5) is 0. The Hall–Kier alpha value is -2.76. The Labute approximate surface area is 172 Å². The predicted octanol–water partition coefficient (Wildman–Crippen LogP) is 5.35. The van der Waals surface area contributed by atoms with E-state index < -0.39 is 17.6 Å². The standard InChI is InChI=1S/C22H21F4NO3/c1-28-14-30-21-13-16(22(24,25)26)12-20(27-18-5-3-17(23)4-6-18)19(21)7-2-15-8-10-29-11-9-15/h3-6,12-13,15,27H,8-11,14H2,1H3. The minimum absolute atomic E-state index is 0.0455. The molecule has 30 heavy (non-hydrogen) atoms. The van der Waals surface area contributed by atoms with Crippen LogP contribution in [0.2, 0.25) is 0 Å². The summed E-state index contributed by atoms with van der Waals surface area (Å²) >= 11 is 0. The van der Waals surface area contributed by atoms with Crippen molar-refractivity contribution in [2.75, 3.05) is 32.4 Å². The minimum atomic E-state index is -4.59. The van der Waals surface area contributed by atoms with Gasteiger partial charge in [0.05, 0.1) is 16.8 Å². The van der Waals surface area contributed by atoms with E-state index in [-0.39, 0.29) is 29.7 Å². The van der Waals surface area contributed by atoms with Crippen LogP contribution in [-0.4, -0.2) is 27.1 Å². The van der Waals surface area contributed by atoms with Gasteiger partial charge in [-0.25, -0.2) is 4.39 Å². The summed E-state index contributed by atoms with van der Waals surface area (Å²) in [6, 6.07) is 7.17. The lowest BCUT2D eigenvalue weighted by Crippen LogP contribution is -2.14. The maximum Gasteiger partial charge on any atom is 0.416 e. The molecule has 160 valence electrons. The number of alkyl halides is 3. The first-order valence-corrected chi connectivity index (χ1v) is 9.35. The monoisotopic (exact) mass is 423 g/mol. The Kier molecular flexibility index (Phi) is 7.19. The lowest BCUT2D eigenvalue weighted by atomic mass is 9.99. The van der Waals surface area contributed by atoms with Crippen LogP contribution in [0.25, 0.3) is 0 Å². The normalized spacial score (nSPS) is 14.7. The van der Waals surface area contributed by atoms with Crippen LogP contribution in [0.4, 0.5) is 28.9 Å². The van der Waals surface area contributed by atoms with Gasteiger partial charge in [-0.2, -0.15) is 13.2 Å². The average Bonchev–Trinajstić information content (AvgIpc) is 2.73. The van der Waals surface area contributed by atoms with Crippen LogP contribution in [0.1, 0.15) is 24.0 Å². The molecule has 1 saturated heterocycles. The molecule has 0 saturated carbocycles. The fourth-order valence-corrected chi connectivity index (χ4v) is 2.95. The van der Waals surface area contributed by atoms with Crippen LogP contribution in [0.5, 0.6) is 5.75 Å². The van der Waals surface area contributed by atoms with Crippen molar-refractivity contribution < 1.29 is 31.8 Å². The lowest BCUT2D eigenvalue weighted by molar-refractivity contribution is -0.137. The molecule has 0 unspecified atom stereocenters. The summed E-state index contributed by atoms with van der Waals surface area (Å²) in [6.07, 6.45) is -3.08. The van der Waals surface area contributed by atoms with Gasteiger partial charge in [-0.05, 0) is 49.2 Å². The number of rotatable bonds is 5. The fourth-order valence-electron chi connectivity index (χ4n) is 2.95. The minimum Gasteiger partial charge on any atom is -0.466 e. The number of hydrogen-bond donors (Lipinski definition) is 1. The molecule has 2 aromatic carbocycles. The second kappa shape index (κ2) is 9.83. The van der Waals surface area contributed by atoms with E-state index in [2.05, 4.69) is 17.2 Å². The van der Waals surface area contributed by atoms with Crippen LogP contribution in [0.3, 0.4) is 0 Å². The van der Waals surface area contributed by atoms with Gasteiger partial charge in [-0.3, -0.25) is 0 Å². The number of hydrogen-bond acceptors (Lipinski definition) is 4. The van der Waals surface area contributed by atoms with Gasteiger partial charge in [0.2, 0.25) is 0 Å². The number of ether oxygens (including phenoxy) is 3. The topological polar surface area (TPSA) is 39.7 Å². The van der Waals surface area contributed by atoms with E-state index in [1.54, 1.807) is 0 Å². The van der Waals surface area contributed by atoms with Crippen LogP contribution < -0.4 is 10.1 Å². The third kappa shape index (κ3) is 5.88. The zero-order valence-corrected chi connectivity index (χ0v) is 16.3. The van der Waals surface area contributed by atoms with Gasteiger partial charge in [0.1, 0.15) is 11.6 Å². The molecule has 0 radical (unpaired) electrons. The van der Waals surface area contributed by atoms with Gasteiger partial charge in [-0.1, -0.05) is 11.8 Å². The molecule has 1 fully saturated rings. The van der Waals surface area contributed by atoms with Crippen LogP contribution >= 0.6 is 0 Å². The fraction of sp³-hybridized carbons (Fsp3) is 0.364. The molecule has 1 N–H and O–H groups in total. The molecule has 1 aliphatic heterocycles. The molecular formula is C22H21F4NO3. The number of methoxy groups -OCH3 is 1. The second-order valence-electron chi connectivity index (χ2n) is 6.73. The van der Waals surface area contributed by atoms with Gasteiger partial charge in [-0.15, -0.1) is 0 Å². The van der Waals surface area contributed by atoms with Crippen molar-refractivity contribution in [2.45, 2.75) is 19.0 Å². The summed E-state index contributed by atoms with van der Waals surface area (Å²) in [6.45, 7) is 0.962. The molecule has 0 atom stereocenters. The smallest absolute Gasteiger partial charge is 0.416 e. The summed E-state index contributed by atoms with van der Waals surface area (Å²) in [5.74, 6) is 5.68. The molecule has 0 bridgehead atoms. The Morgan fingerprint density at radius 3 is 2.47 bits per heavy atom. The summed E-state index contributed by atoms with van der Waals surface area (Å²) in [5, 5.41) is 2.90. The summed E-state index contributed by atoms with van der Waals surface area (Å²) in [7, 11) is 1.37. The zero-order chi connectivity index (χ0) is 21.6. The van der Waals surface area contributed by atoms with Crippen molar-refractivity contribution in [3.05, 3.63) is 53.3 Å². The third-order valence-electron chi connectivity index (χ3n) is 4.51. The number of anilines is 2. The Morgan fingerprint density at radius 2 is 1.83 bits per heavy atom. The zero-order valence-electron chi connectivity index (χ0n) is 16.3. The second-order valence-corrected chi connectivity index (χ2v) is 6.73. The molecular weight excluding hydrogens is 402 g/mol. The highest BCUT2D eigenvalue weighted by atomic mass is 19.4. The van der Waals surface area contributed by atoms with Crippen molar-refractivity contribution >= 4 is 11.4 Å². The third-order valence-corrected chi connectivity index (χ3v) is 4.51. The average molecular weight is 423 g/mol. The Morgan fingerprint density at radius 1 is 1.13 bits per heavy atom. The first kappa shape index (κ1) is 21.9. The molecule has 0 aromatic heterocycles. The lowest BCUT2D eigenvalue weighted by Gasteiger charge is -2.18. The van der Waals surface area contributed by atoms with E-state index in [0.29, 0.717) is 18.9 Å². The number of benzene rings is 2. The molecule has 1 aliphatic rings. The Balaban J connectivity index is 2.06. The van der Waals surface area contributed by atoms with E-state index in [1.807, 2.05) is 0 Å². The van der Waals surface area contributed by atoms with Gasteiger partial charge in [0, 0.05) is 31.9 Å². The van der Waals surface area contributed by atoms with Crippen LogP contribution in [-0.2, 0) is 15.7 Å². The van der Waals surface area contributed by atoms with E-state index in [9.17, 15) is 17.6 Å². The highest BCUT2D eigenvalue weighted by Gasteiger charge is 2.32. The van der Waals surface area contributed by atoms with Gasteiger partial charge >= 0.3 is 6.18 Å². The quantitative estimate of drug-likeness (QED) is 0.400. The molecule has 4 nitrogen and oxygen atoms in total. The molecule has 0 aliphatic carbocycles. The van der Waals surface area contributed by atoms with Crippen molar-refractivity contribution in [3.8, 4) is 17.6 Å². The first-order valence-electron chi connectivity index (χ1n) is 9.35. The van der Waals surface area contributed by atoms with E-state index in [0.717, 1.165) is 25.0 Å². The Bertz CT molecular complexity index is 911. The van der Waals surface area contributed by atoms with E-state index >= 15 is 0 Å². The number of nitrogens with one attached hydrogen (secondary N) is 1. The van der Waals surface area contributed by atoms with Crippen molar-refractivity contribution in [1.29, 1.82) is 0 Å². The highest BCUT2D eigenvalue weighted by molar-refractivity contribution is 5.72. The first-order chi connectivity index (χ1) is 14.4. The molecule has 0 amide bonds. The summed E-state index contributed by atoms with van der Waals surface area (Å²) < 4.78 is 69.2. The van der Waals surface area contributed by atoms with E-state index in [1.165, 1.54) is 31.4 Å². The molecule has 1 heterocycles. The number of halogens is 4. The predicted molar refractivity (Wildman–Crippen MR) is 104 cm³/mol. The largest absolute Gasteiger partial charge is 0.466 e. The van der Waals surface area contributed by atoms with Crippen molar-refractivity contribution in [2.24, 2.45) is 5.92 Å². The van der Waals surface area contributed by atoms with Crippen molar-refractivity contribution in [1.82, 2.24) is 0 Å². The molecule has 0 spiro atoms. The van der Waals surface area contributed by atoms with Gasteiger partial charge in [0.15, 0.2) is 6.79 Å². The van der Waals surface area contributed by atoms with Gasteiger partial charge < -0.3 is 19.5 Å². The van der Waals surface area contributed by atoms with E-state index in [4.69, 9.17) is 14.2 Å². The maximum absolute atomic E-state index is 13.5. The summed E-state index contributed by atoms with van der Waals surface area (Å²) in [5.41, 5.74) is -0.0877. The highest BCUT2D eigenvalue weighted by Crippen LogP contribution is 2.38. The van der Waals surface area contributed by atoms with Crippen LogP contribution in [0.15, 0.2) is 36.4 Å². The molecule has 8 heteroatoms. The molecule has 2 aromatic rings. The molecule has 3 rings (SSSR count). The SMILES string of the molecule is COCOc1cc(C(F)(F)F)cc(Nc2ccc(F)cc2)c1C#CC1CCOCC1. The van der Waals surface area contributed by atoms with Crippen molar-refractivity contribution in [3.63, 3.8) is 0 Å². The maximum atomic E-state index is 13.5. The van der Waals surface area contributed by atoms with Gasteiger partial charge in [0.25, 0.3) is 0 Å². The van der Waals surface area contributed by atoms with Crippen LogP contribution in [0, 0.1) is 23.6 Å².